The first kappa shape index (κ1) is 24.4. The summed E-state index contributed by atoms with van der Waals surface area (Å²) >= 11 is 12.9. The third kappa shape index (κ3) is 5.16. The van der Waals surface area contributed by atoms with Gasteiger partial charge < -0.3 is 10.4 Å². The average molecular weight is 537 g/mol. The largest absolute Gasteiger partial charge is 0.386 e. The smallest absolute Gasteiger partial charge is 0.264 e. The molecule has 8 nitrogen and oxygen atoms in total. The van der Waals surface area contributed by atoms with E-state index in [9.17, 15) is 18.3 Å². The summed E-state index contributed by atoms with van der Waals surface area (Å²) < 4.78 is 36.8. The quantitative estimate of drug-likeness (QED) is 0.316. The molecule has 3 N–H and O–H groups in total. The van der Waals surface area contributed by atoms with Crippen LogP contribution in [0.2, 0.25) is 10.0 Å². The van der Waals surface area contributed by atoms with Crippen LogP contribution in [0.1, 0.15) is 28.9 Å². The Bertz CT molecular complexity index is 1460. The van der Waals surface area contributed by atoms with Gasteiger partial charge in [-0.15, -0.1) is 0 Å². The van der Waals surface area contributed by atoms with Gasteiger partial charge in [0.05, 0.1) is 35.1 Å². The molecular weight excluding hydrogens is 519 g/mol. The van der Waals surface area contributed by atoms with E-state index in [1.54, 1.807) is 43.3 Å². The van der Waals surface area contributed by atoms with E-state index in [4.69, 9.17) is 23.2 Å². The van der Waals surface area contributed by atoms with Crippen molar-refractivity contribution < 1.29 is 18.3 Å². The number of aliphatic hydroxyl groups excluding tert-OH is 1. The predicted molar refractivity (Wildman–Crippen MR) is 133 cm³/mol. The van der Waals surface area contributed by atoms with E-state index in [0.717, 1.165) is 11.7 Å². The number of carbonyl (C=O) groups is 1. The van der Waals surface area contributed by atoms with Crippen molar-refractivity contribution in [1.29, 1.82) is 0 Å². The van der Waals surface area contributed by atoms with Crippen LogP contribution in [0.5, 0.6) is 0 Å². The van der Waals surface area contributed by atoms with Crippen molar-refractivity contribution >= 4 is 67.6 Å². The van der Waals surface area contributed by atoms with Crippen LogP contribution < -0.4 is 10.0 Å². The number of carbonyl (C=O) groups excluding carboxylic acids is 1. The number of nitrogens with one attached hydrogen (secondary N) is 2. The van der Waals surface area contributed by atoms with Crippen molar-refractivity contribution in [2.75, 3.05) is 4.72 Å². The third-order valence-electron chi connectivity index (χ3n) is 5.05. The minimum Gasteiger partial charge on any atom is -0.386 e. The lowest BCUT2D eigenvalue weighted by Gasteiger charge is -2.21. The number of benzene rings is 3. The Kier molecular flexibility index (Phi) is 7.06. The Morgan fingerprint density at radius 1 is 1.03 bits per heavy atom. The zero-order valence-electron chi connectivity index (χ0n) is 17.6. The Hall–Kier alpha value is -2.76. The first-order valence-corrected chi connectivity index (χ1v) is 12.9. The van der Waals surface area contributed by atoms with E-state index in [0.29, 0.717) is 16.1 Å². The first-order chi connectivity index (χ1) is 16.2. The Morgan fingerprint density at radius 3 is 2.47 bits per heavy atom. The van der Waals surface area contributed by atoms with Crippen LogP contribution in [0.4, 0.5) is 5.69 Å². The molecule has 0 saturated carbocycles. The molecule has 176 valence electrons. The second-order valence-electron chi connectivity index (χ2n) is 7.44. The number of aromatic nitrogens is 2. The summed E-state index contributed by atoms with van der Waals surface area (Å²) in [6.07, 6.45) is -1.01. The van der Waals surface area contributed by atoms with E-state index in [-0.39, 0.29) is 26.7 Å². The van der Waals surface area contributed by atoms with Crippen molar-refractivity contribution in [3.63, 3.8) is 0 Å². The third-order valence-corrected chi connectivity index (χ3v) is 7.48. The van der Waals surface area contributed by atoms with Gasteiger partial charge in [-0.1, -0.05) is 41.4 Å². The normalized spacial score (nSPS) is 13.4. The van der Waals surface area contributed by atoms with Gasteiger partial charge in [0.2, 0.25) is 0 Å². The molecule has 0 aliphatic rings. The second kappa shape index (κ2) is 9.85. The molecule has 0 radical (unpaired) electrons. The summed E-state index contributed by atoms with van der Waals surface area (Å²) in [5.41, 5.74) is 1.26. The van der Waals surface area contributed by atoms with Gasteiger partial charge in [0.1, 0.15) is 15.9 Å². The van der Waals surface area contributed by atoms with E-state index in [2.05, 4.69) is 18.8 Å². The number of hydrogen-bond donors (Lipinski definition) is 3. The SMILES string of the molecule is CC(NC(=O)c1ccc(Cl)cc1NS(=O)(=O)c1cccc2nsnc12)C(O)c1ccc(Cl)cc1. The molecule has 3 aromatic carbocycles. The van der Waals surface area contributed by atoms with Gasteiger partial charge in [-0.25, -0.2) is 8.42 Å². The summed E-state index contributed by atoms with van der Waals surface area (Å²) in [5, 5.41) is 14.1. The molecule has 0 spiro atoms. The molecule has 0 fully saturated rings. The van der Waals surface area contributed by atoms with Gasteiger partial charge in [-0.05, 0) is 55.0 Å². The van der Waals surface area contributed by atoms with Gasteiger partial charge in [0.15, 0.2) is 0 Å². The zero-order valence-corrected chi connectivity index (χ0v) is 20.7. The maximum atomic E-state index is 13.1. The summed E-state index contributed by atoms with van der Waals surface area (Å²) in [5.74, 6) is -0.594. The summed E-state index contributed by atoms with van der Waals surface area (Å²) in [6.45, 7) is 1.63. The van der Waals surface area contributed by atoms with Crippen LogP contribution in [-0.4, -0.2) is 34.2 Å². The lowest BCUT2D eigenvalue weighted by atomic mass is 10.0. The van der Waals surface area contributed by atoms with Crippen LogP contribution in [-0.2, 0) is 10.0 Å². The van der Waals surface area contributed by atoms with E-state index >= 15 is 0 Å². The number of amides is 1. The standard InChI is InChI=1S/C22H18Cl2N4O4S2/c1-12(21(29)13-5-7-14(23)8-6-13)25-22(30)16-10-9-15(24)11-18(16)28-34(31,32)19-4-2-3-17-20(19)27-33-26-17/h2-12,21,28-29H,1H3,(H,25,30). The lowest BCUT2D eigenvalue weighted by molar-refractivity contribution is 0.0853. The molecule has 34 heavy (non-hydrogen) atoms. The number of fused-ring (bicyclic) bond motifs is 1. The minimum atomic E-state index is -4.12. The summed E-state index contributed by atoms with van der Waals surface area (Å²) in [6, 6.07) is 14.7. The molecule has 1 heterocycles. The Balaban J connectivity index is 1.60. The van der Waals surface area contributed by atoms with E-state index < -0.39 is 28.1 Å². The van der Waals surface area contributed by atoms with E-state index in [1.807, 2.05) is 0 Å². The van der Waals surface area contributed by atoms with Crippen LogP contribution in [0.25, 0.3) is 11.0 Å². The monoisotopic (exact) mass is 536 g/mol. The lowest BCUT2D eigenvalue weighted by Crippen LogP contribution is -2.37. The highest BCUT2D eigenvalue weighted by Crippen LogP contribution is 2.28. The average Bonchev–Trinajstić information content (AvgIpc) is 3.27. The molecule has 4 rings (SSSR count). The van der Waals surface area contributed by atoms with Gasteiger partial charge in [0.25, 0.3) is 15.9 Å². The van der Waals surface area contributed by atoms with Crippen molar-refractivity contribution in [2.24, 2.45) is 0 Å². The first-order valence-electron chi connectivity index (χ1n) is 9.94. The number of hydrogen-bond acceptors (Lipinski definition) is 7. The fraction of sp³-hybridized carbons (Fsp3) is 0.136. The zero-order chi connectivity index (χ0) is 24.5. The van der Waals surface area contributed by atoms with E-state index in [1.165, 1.54) is 24.3 Å². The molecule has 4 aromatic rings. The number of sulfonamides is 1. The number of rotatable bonds is 7. The van der Waals surface area contributed by atoms with Gasteiger partial charge >= 0.3 is 0 Å². The van der Waals surface area contributed by atoms with Crippen molar-refractivity contribution in [2.45, 2.75) is 24.0 Å². The topological polar surface area (TPSA) is 121 Å². The number of aliphatic hydroxyl groups is 1. The Labute approximate surface area is 209 Å². The van der Waals surface area contributed by atoms with Crippen LogP contribution in [0, 0.1) is 0 Å². The fourth-order valence-electron chi connectivity index (χ4n) is 3.31. The maximum Gasteiger partial charge on any atom is 0.264 e. The highest BCUT2D eigenvalue weighted by Gasteiger charge is 2.25. The fourth-order valence-corrected chi connectivity index (χ4v) is 5.45. The molecule has 0 aliphatic heterocycles. The van der Waals surface area contributed by atoms with Crippen molar-refractivity contribution in [3.05, 3.63) is 81.8 Å². The number of nitrogens with zero attached hydrogens (tertiary/aromatic N) is 2. The molecule has 1 amide bonds. The minimum absolute atomic E-state index is 0.0154. The molecule has 2 atom stereocenters. The second-order valence-corrected chi connectivity index (χ2v) is 10.5. The number of halogens is 2. The van der Waals surface area contributed by atoms with Crippen LogP contribution in [0.15, 0.2) is 65.6 Å². The summed E-state index contributed by atoms with van der Waals surface area (Å²) in [4.78, 5) is 13.0. The van der Waals surface area contributed by atoms with Crippen LogP contribution >= 0.6 is 34.9 Å². The van der Waals surface area contributed by atoms with Crippen molar-refractivity contribution in [3.8, 4) is 0 Å². The van der Waals surface area contributed by atoms with Gasteiger partial charge in [0, 0.05) is 10.0 Å². The van der Waals surface area contributed by atoms with Gasteiger partial charge in [-0.3, -0.25) is 9.52 Å². The highest BCUT2D eigenvalue weighted by molar-refractivity contribution is 7.93. The Morgan fingerprint density at radius 2 is 1.74 bits per heavy atom. The highest BCUT2D eigenvalue weighted by atomic mass is 35.5. The molecular formula is C22H18Cl2N4O4S2. The molecule has 0 bridgehead atoms. The molecule has 0 aliphatic carbocycles. The molecule has 1 aromatic heterocycles. The van der Waals surface area contributed by atoms with Crippen molar-refractivity contribution in [1.82, 2.24) is 14.1 Å². The maximum absolute atomic E-state index is 13.1. The molecule has 0 saturated heterocycles. The van der Waals surface area contributed by atoms with Gasteiger partial charge in [-0.2, -0.15) is 8.75 Å². The van der Waals surface area contributed by atoms with Crippen LogP contribution in [0.3, 0.4) is 0 Å². The number of anilines is 1. The summed E-state index contributed by atoms with van der Waals surface area (Å²) in [7, 11) is -4.12. The molecule has 2 unspecified atom stereocenters. The molecule has 12 heteroatoms. The predicted octanol–water partition coefficient (Wildman–Crippen LogP) is 4.65.